The molecule has 1 unspecified atom stereocenters. The normalized spacial score (nSPS) is 29.3. The van der Waals surface area contributed by atoms with Gasteiger partial charge in [0.05, 0.1) is 17.8 Å². The van der Waals surface area contributed by atoms with Crippen LogP contribution in [0.5, 0.6) is 0 Å². The fourth-order valence-electron chi connectivity index (χ4n) is 8.76. The molecule has 4 aliphatic carbocycles. The lowest BCUT2D eigenvalue weighted by Crippen LogP contribution is -2.54. The van der Waals surface area contributed by atoms with Crippen LogP contribution < -0.4 is 0 Å². The maximum atomic E-state index is 14.7. The predicted molar refractivity (Wildman–Crippen MR) is 175 cm³/mol. The van der Waals surface area contributed by atoms with E-state index in [4.69, 9.17) is 9.78 Å². The maximum Gasteiger partial charge on any atom is 0.215 e. The molecule has 4 saturated carbocycles. The molecule has 6 nitrogen and oxygen atoms in total. The van der Waals surface area contributed by atoms with Gasteiger partial charge in [0.25, 0.3) is 0 Å². The van der Waals surface area contributed by atoms with Crippen molar-refractivity contribution in [1.29, 1.82) is 0 Å². The fourth-order valence-corrected chi connectivity index (χ4v) is 13.3. The Balaban J connectivity index is 1.37. The van der Waals surface area contributed by atoms with Crippen LogP contribution in [0.4, 0.5) is 0 Å². The van der Waals surface area contributed by atoms with Crippen LogP contribution in [0.3, 0.4) is 0 Å². The highest BCUT2D eigenvalue weighted by Gasteiger charge is 2.66. The standard InChI is InChI=1S/C35H55NO5S2/c1-33(2,3)41-40-30(26-15-9-6-10-16-26)24-32(37)42-31-23-27-21-22-35(31,34(27,4)5)25-43(38,39)36(28-17-11-7-12-18-28)29-19-13-8-14-20-29/h6,9-10,15-16,27-31H,7-8,11-14,17-25H2,1-5H3/t27-,30?,31-,35-/m1/s1. The molecule has 4 fully saturated rings. The van der Waals surface area contributed by atoms with Gasteiger partial charge in [-0.1, -0.05) is 94.5 Å². The van der Waals surface area contributed by atoms with E-state index in [9.17, 15) is 13.2 Å². The predicted octanol–water partition coefficient (Wildman–Crippen LogP) is 8.62. The summed E-state index contributed by atoms with van der Waals surface area (Å²) in [5, 5.41) is 0.0379. The molecule has 0 heterocycles. The molecule has 8 heteroatoms. The van der Waals surface area contributed by atoms with Crippen LogP contribution in [-0.4, -0.2) is 46.5 Å². The third-order valence-corrected chi connectivity index (χ3v) is 14.7. The Morgan fingerprint density at radius 2 is 1.53 bits per heavy atom. The van der Waals surface area contributed by atoms with Crippen LogP contribution in [0.1, 0.15) is 136 Å². The summed E-state index contributed by atoms with van der Waals surface area (Å²) in [5.41, 5.74) is -0.141. The third-order valence-electron chi connectivity index (χ3n) is 11.2. The van der Waals surface area contributed by atoms with Crippen molar-refractivity contribution in [1.82, 2.24) is 4.31 Å². The Kier molecular flexibility index (Phi) is 10.4. The first kappa shape index (κ1) is 33.4. The molecule has 0 amide bonds. The third kappa shape index (κ3) is 7.40. The highest BCUT2D eigenvalue weighted by molar-refractivity contribution is 8.14. The summed E-state index contributed by atoms with van der Waals surface area (Å²) in [6, 6.07) is 10.1. The number of hydrogen-bond donors (Lipinski definition) is 0. The van der Waals surface area contributed by atoms with E-state index in [1.54, 1.807) is 0 Å². The van der Waals surface area contributed by atoms with Crippen LogP contribution in [0.2, 0.25) is 0 Å². The van der Waals surface area contributed by atoms with Crippen LogP contribution in [0.25, 0.3) is 0 Å². The first-order chi connectivity index (χ1) is 20.3. The molecule has 1 aromatic carbocycles. The number of hydrogen-bond acceptors (Lipinski definition) is 6. The topological polar surface area (TPSA) is 72.9 Å². The number of carbonyl (C=O) groups is 1. The zero-order valence-electron chi connectivity index (χ0n) is 27.2. The molecule has 5 rings (SSSR count). The van der Waals surface area contributed by atoms with Gasteiger partial charge in [-0.15, -0.1) is 0 Å². The first-order valence-corrected chi connectivity index (χ1v) is 19.4. The Hall–Kier alpha value is -0.930. The summed E-state index contributed by atoms with van der Waals surface area (Å²) in [6.07, 6.45) is 13.4. The molecule has 0 saturated heterocycles. The lowest BCUT2D eigenvalue weighted by atomic mass is 9.70. The van der Waals surface area contributed by atoms with Gasteiger partial charge in [-0.05, 0) is 82.6 Å². The number of benzene rings is 1. The molecular formula is C35H55NO5S2. The summed E-state index contributed by atoms with van der Waals surface area (Å²) in [5.74, 6) is 0.615. The smallest absolute Gasteiger partial charge is 0.215 e. The van der Waals surface area contributed by atoms with Gasteiger partial charge < -0.3 is 0 Å². The van der Waals surface area contributed by atoms with Crippen molar-refractivity contribution in [3.05, 3.63) is 35.9 Å². The molecule has 2 bridgehead atoms. The molecule has 242 valence electrons. The number of nitrogens with zero attached hydrogens (tertiary/aromatic N) is 1. The number of rotatable bonds is 11. The summed E-state index contributed by atoms with van der Waals surface area (Å²) in [6.45, 7) is 10.3. The Morgan fingerprint density at radius 3 is 2.07 bits per heavy atom. The zero-order chi connectivity index (χ0) is 30.9. The van der Waals surface area contributed by atoms with E-state index in [0.29, 0.717) is 5.92 Å². The largest absolute Gasteiger partial charge is 0.287 e. The summed E-state index contributed by atoms with van der Waals surface area (Å²) >= 11 is 1.39. The highest BCUT2D eigenvalue weighted by atomic mass is 32.2. The Bertz CT molecular complexity index is 1170. The van der Waals surface area contributed by atoms with Crippen molar-refractivity contribution >= 4 is 26.9 Å². The van der Waals surface area contributed by atoms with Crippen molar-refractivity contribution in [3.63, 3.8) is 0 Å². The molecule has 0 aliphatic heterocycles. The van der Waals surface area contributed by atoms with E-state index in [-0.39, 0.29) is 40.0 Å². The number of carbonyl (C=O) groups excluding carboxylic acids is 1. The van der Waals surface area contributed by atoms with Crippen LogP contribution in [0.15, 0.2) is 30.3 Å². The highest BCUT2D eigenvalue weighted by Crippen LogP contribution is 2.69. The van der Waals surface area contributed by atoms with E-state index < -0.39 is 27.1 Å². The van der Waals surface area contributed by atoms with Gasteiger partial charge in [0.2, 0.25) is 10.0 Å². The molecule has 0 spiro atoms. The second kappa shape index (κ2) is 13.4. The minimum absolute atomic E-state index is 0.0111. The molecule has 0 N–H and O–H groups in total. The summed E-state index contributed by atoms with van der Waals surface area (Å²) in [7, 11) is -3.52. The van der Waals surface area contributed by atoms with Crippen LogP contribution in [0, 0.1) is 16.7 Å². The number of sulfonamides is 1. The first-order valence-electron chi connectivity index (χ1n) is 16.9. The van der Waals surface area contributed by atoms with Crippen molar-refractivity contribution in [2.75, 3.05) is 5.75 Å². The quantitative estimate of drug-likeness (QED) is 0.179. The van der Waals surface area contributed by atoms with Crippen molar-refractivity contribution in [2.45, 2.75) is 154 Å². The fraction of sp³-hybridized carbons (Fsp3) is 0.800. The van der Waals surface area contributed by atoms with Gasteiger partial charge in [0, 0.05) is 22.7 Å². The molecule has 0 radical (unpaired) electrons. The Morgan fingerprint density at radius 1 is 0.953 bits per heavy atom. The van der Waals surface area contributed by atoms with Gasteiger partial charge in [-0.3, -0.25) is 4.79 Å². The van der Waals surface area contributed by atoms with E-state index in [1.807, 2.05) is 55.4 Å². The van der Waals surface area contributed by atoms with Gasteiger partial charge in [-0.2, -0.15) is 4.31 Å². The summed E-state index contributed by atoms with van der Waals surface area (Å²) in [4.78, 5) is 25.3. The molecule has 4 atom stereocenters. The second-order valence-corrected chi connectivity index (χ2v) is 18.5. The van der Waals surface area contributed by atoms with E-state index in [2.05, 4.69) is 13.8 Å². The van der Waals surface area contributed by atoms with Crippen molar-refractivity contribution in [3.8, 4) is 0 Å². The van der Waals surface area contributed by atoms with Crippen molar-refractivity contribution < 1.29 is 23.0 Å². The number of thioether (sulfide) groups is 1. The second-order valence-electron chi connectivity index (χ2n) is 15.4. The summed E-state index contributed by atoms with van der Waals surface area (Å²) < 4.78 is 31.5. The van der Waals surface area contributed by atoms with Gasteiger partial charge >= 0.3 is 0 Å². The molecule has 1 aromatic rings. The maximum absolute atomic E-state index is 14.7. The van der Waals surface area contributed by atoms with E-state index in [1.165, 1.54) is 24.6 Å². The minimum Gasteiger partial charge on any atom is -0.287 e. The van der Waals surface area contributed by atoms with Crippen molar-refractivity contribution in [2.24, 2.45) is 16.7 Å². The number of fused-ring (bicyclic) bond motifs is 2. The van der Waals surface area contributed by atoms with Crippen LogP contribution >= 0.6 is 11.8 Å². The molecular weight excluding hydrogens is 579 g/mol. The lowest BCUT2D eigenvalue weighted by molar-refractivity contribution is -0.375. The zero-order valence-corrected chi connectivity index (χ0v) is 28.8. The average molecular weight is 634 g/mol. The van der Waals surface area contributed by atoms with Crippen LogP contribution in [-0.2, 0) is 24.6 Å². The molecule has 0 aromatic heterocycles. The van der Waals surface area contributed by atoms with Gasteiger partial charge in [0.1, 0.15) is 6.10 Å². The lowest BCUT2D eigenvalue weighted by Gasteiger charge is -2.46. The molecule has 43 heavy (non-hydrogen) atoms. The van der Waals surface area contributed by atoms with Gasteiger partial charge in [0.15, 0.2) is 5.12 Å². The minimum atomic E-state index is -3.52. The Labute approximate surface area is 265 Å². The SMILES string of the molecule is CC(C)(C)OOC(CC(=O)S[C@@H]1C[C@H]2CC[C@]1(CS(=O)(=O)N(C1CCCCC1)C1CCCCC1)C2(C)C)c1ccccc1. The van der Waals surface area contributed by atoms with E-state index in [0.717, 1.165) is 76.2 Å². The monoisotopic (exact) mass is 633 g/mol. The average Bonchev–Trinajstić information content (AvgIpc) is 3.31. The molecule has 4 aliphatic rings. The van der Waals surface area contributed by atoms with E-state index >= 15 is 0 Å². The van der Waals surface area contributed by atoms with Gasteiger partial charge in [-0.25, -0.2) is 18.2 Å².